The number of hydrogen-bond acceptors (Lipinski definition) is 8. The summed E-state index contributed by atoms with van der Waals surface area (Å²) in [5, 5.41) is 6.76. The van der Waals surface area contributed by atoms with Crippen LogP contribution in [0.25, 0.3) is 11.2 Å². The van der Waals surface area contributed by atoms with E-state index in [2.05, 4.69) is 15.6 Å². The number of fused-ring (bicyclic) bond motifs is 1. The number of nitrogens with zero attached hydrogens (tertiary/aromatic N) is 5. The van der Waals surface area contributed by atoms with Crippen molar-refractivity contribution in [3.63, 3.8) is 0 Å². The molecule has 1 aliphatic carbocycles. The van der Waals surface area contributed by atoms with E-state index in [1.807, 2.05) is 18.4 Å². The summed E-state index contributed by atoms with van der Waals surface area (Å²) in [6, 6.07) is 2.24. The van der Waals surface area contributed by atoms with Gasteiger partial charge < -0.3 is 26.0 Å². The zero-order valence-electron chi connectivity index (χ0n) is 22.9. The highest BCUT2D eigenvalue weighted by Gasteiger charge is 2.30. The summed E-state index contributed by atoms with van der Waals surface area (Å²) in [7, 11) is 0. The number of primary amides is 1. The topological polar surface area (TPSA) is 140 Å². The standard InChI is InChI=1S/C27H33Cl2FN8O3/c1-14(2)41-27(40)37-9-3-4-17(13-37)33-25-32-12-21-24(36-25)38(18-7-5-15(6-8-18)23(31)39)26(34-21)35-22-19(28)10-16(30)11-20(22)29/h10-12,14-15,17-18H,3-9,13H2,1-2H3,(H2,31,39)(H,34,35)(H,32,33,36)/t15-,17-,18-/m1/s1. The van der Waals surface area contributed by atoms with Crippen LogP contribution in [0.3, 0.4) is 0 Å². The van der Waals surface area contributed by atoms with Gasteiger partial charge in [0.25, 0.3) is 0 Å². The van der Waals surface area contributed by atoms with Gasteiger partial charge in [-0.3, -0.25) is 9.36 Å². The van der Waals surface area contributed by atoms with E-state index in [0.29, 0.717) is 67.5 Å². The average molecular weight is 608 g/mol. The van der Waals surface area contributed by atoms with E-state index in [9.17, 15) is 14.0 Å². The van der Waals surface area contributed by atoms with Crippen molar-refractivity contribution >= 4 is 64.0 Å². The van der Waals surface area contributed by atoms with Crippen LogP contribution in [-0.4, -0.2) is 61.7 Å². The summed E-state index contributed by atoms with van der Waals surface area (Å²) < 4.78 is 21.2. The lowest BCUT2D eigenvalue weighted by Gasteiger charge is -2.33. The number of rotatable bonds is 7. The summed E-state index contributed by atoms with van der Waals surface area (Å²) in [6.07, 6.45) is 5.41. The van der Waals surface area contributed by atoms with Gasteiger partial charge in [0, 0.05) is 31.1 Å². The third-order valence-electron chi connectivity index (χ3n) is 7.49. The van der Waals surface area contributed by atoms with Crippen LogP contribution in [-0.2, 0) is 9.53 Å². The van der Waals surface area contributed by atoms with Crippen LogP contribution in [0.2, 0.25) is 10.0 Å². The SMILES string of the molecule is CC(C)OC(=O)N1CCC[C@@H](Nc2ncc3nc(Nc4c(Cl)cc(F)cc4Cl)n([C@H]4CC[C@H](C(N)=O)CC4)c3n2)C1. The number of nitrogens with one attached hydrogen (secondary N) is 2. The summed E-state index contributed by atoms with van der Waals surface area (Å²) in [6.45, 7) is 4.75. The molecule has 2 amide bonds. The number of amides is 2. The Morgan fingerprint density at radius 1 is 1.12 bits per heavy atom. The molecule has 2 fully saturated rings. The predicted molar refractivity (Wildman–Crippen MR) is 155 cm³/mol. The van der Waals surface area contributed by atoms with Gasteiger partial charge >= 0.3 is 6.09 Å². The van der Waals surface area contributed by atoms with Crippen molar-refractivity contribution in [3.8, 4) is 0 Å². The largest absolute Gasteiger partial charge is 0.447 e. The molecule has 1 aromatic carbocycles. The Bertz CT molecular complexity index is 1420. The monoisotopic (exact) mass is 606 g/mol. The maximum atomic E-state index is 13.8. The molecule has 2 aromatic heterocycles. The molecule has 4 N–H and O–H groups in total. The van der Waals surface area contributed by atoms with E-state index in [4.69, 9.17) is 43.6 Å². The highest BCUT2D eigenvalue weighted by molar-refractivity contribution is 6.39. The van der Waals surface area contributed by atoms with E-state index in [1.165, 1.54) is 12.1 Å². The Morgan fingerprint density at radius 2 is 1.83 bits per heavy atom. The lowest BCUT2D eigenvalue weighted by atomic mass is 9.85. The first-order chi connectivity index (χ1) is 19.6. The second-order valence-corrected chi connectivity index (χ2v) is 11.7. The molecule has 14 heteroatoms. The molecule has 2 aliphatic rings. The molecule has 3 heterocycles. The van der Waals surface area contributed by atoms with Gasteiger partial charge in [-0.15, -0.1) is 0 Å². The van der Waals surface area contributed by atoms with Gasteiger partial charge in [-0.1, -0.05) is 23.2 Å². The number of halogens is 3. The smallest absolute Gasteiger partial charge is 0.410 e. The van der Waals surface area contributed by atoms with Gasteiger partial charge in [-0.25, -0.2) is 19.2 Å². The Balaban J connectivity index is 1.45. The molecule has 41 heavy (non-hydrogen) atoms. The molecule has 1 atom stereocenters. The van der Waals surface area contributed by atoms with Crippen LogP contribution in [0.15, 0.2) is 18.3 Å². The van der Waals surface area contributed by atoms with E-state index >= 15 is 0 Å². The van der Waals surface area contributed by atoms with Gasteiger partial charge in [0.15, 0.2) is 5.65 Å². The van der Waals surface area contributed by atoms with Crippen molar-refractivity contribution in [2.45, 2.75) is 70.6 Å². The fourth-order valence-corrected chi connectivity index (χ4v) is 6.06. The molecular formula is C27H33Cl2FN8O3. The number of aromatic nitrogens is 4. The van der Waals surface area contributed by atoms with Gasteiger partial charge in [0.1, 0.15) is 11.3 Å². The van der Waals surface area contributed by atoms with E-state index in [1.54, 1.807) is 11.1 Å². The molecule has 5 rings (SSSR count). The maximum absolute atomic E-state index is 13.8. The number of hydrogen-bond donors (Lipinski definition) is 3. The molecule has 1 saturated heterocycles. The molecule has 3 aromatic rings. The Labute approximate surface area is 246 Å². The molecule has 0 spiro atoms. The number of ether oxygens (including phenoxy) is 1. The van der Waals surface area contributed by atoms with Crippen molar-refractivity contribution in [2.75, 3.05) is 23.7 Å². The lowest BCUT2D eigenvalue weighted by Crippen LogP contribution is -2.46. The van der Waals surface area contributed by atoms with Crippen LogP contribution < -0.4 is 16.4 Å². The van der Waals surface area contributed by atoms with Gasteiger partial charge in [0.2, 0.25) is 17.8 Å². The summed E-state index contributed by atoms with van der Waals surface area (Å²) in [5.41, 5.74) is 7.00. The van der Waals surface area contributed by atoms with Crippen LogP contribution in [0, 0.1) is 11.7 Å². The summed E-state index contributed by atoms with van der Waals surface area (Å²) in [4.78, 5) is 40.0. The van der Waals surface area contributed by atoms with Crippen molar-refractivity contribution in [3.05, 3.63) is 34.2 Å². The molecule has 11 nitrogen and oxygen atoms in total. The number of carbonyl (C=O) groups excluding carboxylic acids is 2. The summed E-state index contributed by atoms with van der Waals surface area (Å²) >= 11 is 12.6. The fraction of sp³-hybridized carbons (Fsp3) is 0.519. The summed E-state index contributed by atoms with van der Waals surface area (Å²) in [5.74, 6) is -0.205. The average Bonchev–Trinajstić information content (AvgIpc) is 3.27. The number of imidazole rings is 1. The quantitative estimate of drug-likeness (QED) is 0.313. The van der Waals surface area contributed by atoms with Gasteiger partial charge in [0.05, 0.1) is 28.0 Å². The highest BCUT2D eigenvalue weighted by atomic mass is 35.5. The van der Waals surface area contributed by atoms with Crippen LogP contribution in [0.1, 0.15) is 58.4 Å². The molecule has 0 radical (unpaired) electrons. The zero-order valence-corrected chi connectivity index (χ0v) is 24.4. The lowest BCUT2D eigenvalue weighted by molar-refractivity contribution is -0.122. The van der Waals surface area contributed by atoms with Crippen LogP contribution in [0.4, 0.5) is 26.8 Å². The second kappa shape index (κ2) is 12.2. The maximum Gasteiger partial charge on any atom is 0.410 e. The first-order valence-corrected chi connectivity index (χ1v) is 14.5. The first kappa shape index (κ1) is 29.1. The molecule has 1 saturated carbocycles. The molecule has 0 bridgehead atoms. The Morgan fingerprint density at radius 3 is 2.49 bits per heavy atom. The zero-order chi connectivity index (χ0) is 29.3. The predicted octanol–water partition coefficient (Wildman–Crippen LogP) is 5.65. The molecule has 0 unspecified atom stereocenters. The third-order valence-corrected chi connectivity index (χ3v) is 8.09. The second-order valence-electron chi connectivity index (χ2n) is 10.8. The molecule has 220 valence electrons. The fourth-order valence-electron chi connectivity index (χ4n) is 5.51. The molecule has 1 aliphatic heterocycles. The highest BCUT2D eigenvalue weighted by Crippen LogP contribution is 2.39. The number of carbonyl (C=O) groups is 2. The van der Waals surface area contributed by atoms with Crippen LogP contribution in [0.5, 0.6) is 0 Å². The van der Waals surface area contributed by atoms with E-state index < -0.39 is 5.82 Å². The van der Waals surface area contributed by atoms with E-state index in [0.717, 1.165) is 12.8 Å². The number of anilines is 3. The van der Waals surface area contributed by atoms with Crippen molar-refractivity contribution in [1.82, 2.24) is 24.4 Å². The first-order valence-electron chi connectivity index (χ1n) is 13.8. The number of benzene rings is 1. The van der Waals surface area contributed by atoms with E-state index in [-0.39, 0.29) is 46.2 Å². The minimum atomic E-state index is -0.552. The van der Waals surface area contributed by atoms with Crippen molar-refractivity contribution < 1.29 is 18.7 Å². The van der Waals surface area contributed by atoms with Gasteiger partial charge in [-0.2, -0.15) is 4.98 Å². The number of piperidine rings is 1. The number of nitrogens with two attached hydrogens (primary N) is 1. The minimum absolute atomic E-state index is 0.0465. The van der Waals surface area contributed by atoms with Crippen molar-refractivity contribution in [1.29, 1.82) is 0 Å². The minimum Gasteiger partial charge on any atom is -0.447 e. The van der Waals surface area contributed by atoms with Crippen molar-refractivity contribution in [2.24, 2.45) is 11.7 Å². The van der Waals surface area contributed by atoms with Crippen LogP contribution >= 0.6 is 23.2 Å². The molecular weight excluding hydrogens is 574 g/mol. The van der Waals surface area contributed by atoms with Gasteiger partial charge in [-0.05, 0) is 64.5 Å². The normalized spacial score (nSPS) is 21.2. The Kier molecular flexibility index (Phi) is 8.69. The number of likely N-dealkylation sites (tertiary alicyclic amines) is 1. The third kappa shape index (κ3) is 6.59. The Hall–Kier alpha value is -3.38.